The summed E-state index contributed by atoms with van der Waals surface area (Å²) in [6, 6.07) is 5.10. The molecular weight excluding hydrogens is 348 g/mol. The highest BCUT2D eigenvalue weighted by Gasteiger charge is 2.27. The standard InChI is InChI=1S/C18H28N4O3Si/c1-26(2,3)12-11-25-13-22-17-15(5-4-8-19-17)16(20-22)14-6-9-21(10-7-14)18(23)24/h4-5,8,14H,6-7,9-13H2,1-3H3,(H,23,24). The number of carbonyl (C=O) groups is 1. The minimum atomic E-state index is -1.11. The quantitative estimate of drug-likeness (QED) is 0.615. The van der Waals surface area contributed by atoms with E-state index in [-0.39, 0.29) is 5.92 Å². The van der Waals surface area contributed by atoms with Crippen molar-refractivity contribution in [2.75, 3.05) is 19.7 Å². The summed E-state index contributed by atoms with van der Waals surface area (Å²) in [5.74, 6) is 0.264. The summed E-state index contributed by atoms with van der Waals surface area (Å²) in [6.07, 6.45) is 2.53. The fourth-order valence-electron chi connectivity index (χ4n) is 3.30. The molecule has 1 fully saturated rings. The van der Waals surface area contributed by atoms with Crippen molar-refractivity contribution in [3.05, 3.63) is 24.0 Å². The van der Waals surface area contributed by atoms with E-state index >= 15 is 0 Å². The highest BCUT2D eigenvalue weighted by atomic mass is 28.3. The van der Waals surface area contributed by atoms with Gasteiger partial charge in [-0.3, -0.25) is 0 Å². The number of fused-ring (bicyclic) bond motifs is 1. The van der Waals surface area contributed by atoms with Crippen LogP contribution in [0.2, 0.25) is 25.7 Å². The van der Waals surface area contributed by atoms with E-state index < -0.39 is 14.2 Å². The Morgan fingerprint density at radius 1 is 1.35 bits per heavy atom. The number of piperidine rings is 1. The normalized spacial score (nSPS) is 16.3. The van der Waals surface area contributed by atoms with E-state index in [0.29, 0.717) is 19.8 Å². The third kappa shape index (κ3) is 4.42. The molecule has 7 nitrogen and oxygen atoms in total. The van der Waals surface area contributed by atoms with Crippen molar-refractivity contribution in [3.8, 4) is 0 Å². The Hall–Kier alpha value is -1.93. The maximum atomic E-state index is 11.1. The van der Waals surface area contributed by atoms with Crippen LogP contribution in [0, 0.1) is 0 Å². The third-order valence-corrected chi connectivity index (χ3v) is 6.60. The first-order valence-electron chi connectivity index (χ1n) is 9.22. The maximum Gasteiger partial charge on any atom is 0.407 e. The molecule has 0 radical (unpaired) electrons. The van der Waals surface area contributed by atoms with E-state index in [1.54, 1.807) is 6.20 Å². The summed E-state index contributed by atoms with van der Waals surface area (Å²) < 4.78 is 7.71. The SMILES string of the molecule is C[Si](C)(C)CCOCn1nc(C2CCN(C(=O)O)CC2)c2cccnc21. The van der Waals surface area contributed by atoms with Crippen molar-refractivity contribution in [1.29, 1.82) is 0 Å². The minimum absolute atomic E-state index is 0.264. The Labute approximate surface area is 155 Å². The summed E-state index contributed by atoms with van der Waals surface area (Å²) in [7, 11) is -1.11. The van der Waals surface area contributed by atoms with Gasteiger partial charge in [0.05, 0.1) is 5.69 Å². The number of pyridine rings is 1. The number of nitrogens with zero attached hydrogens (tertiary/aromatic N) is 4. The first kappa shape index (κ1) is 18.8. The van der Waals surface area contributed by atoms with Crippen molar-refractivity contribution in [2.45, 2.75) is 51.2 Å². The molecule has 1 N–H and O–H groups in total. The van der Waals surface area contributed by atoms with E-state index in [2.05, 4.69) is 24.6 Å². The number of rotatable bonds is 6. The minimum Gasteiger partial charge on any atom is -0.465 e. The van der Waals surface area contributed by atoms with Gasteiger partial charge in [-0.15, -0.1) is 0 Å². The van der Waals surface area contributed by atoms with E-state index in [9.17, 15) is 4.79 Å². The zero-order chi connectivity index (χ0) is 18.7. The largest absolute Gasteiger partial charge is 0.465 e. The summed E-state index contributed by atoms with van der Waals surface area (Å²) in [6.45, 7) is 9.28. The van der Waals surface area contributed by atoms with Gasteiger partial charge in [0, 0.05) is 45.3 Å². The maximum absolute atomic E-state index is 11.1. The van der Waals surface area contributed by atoms with Gasteiger partial charge in [0.15, 0.2) is 5.65 Å². The van der Waals surface area contributed by atoms with E-state index in [4.69, 9.17) is 14.9 Å². The molecule has 3 rings (SSSR count). The molecule has 3 heterocycles. The van der Waals surface area contributed by atoms with Crippen molar-refractivity contribution in [1.82, 2.24) is 19.7 Å². The Kier molecular flexibility index (Phi) is 5.62. The van der Waals surface area contributed by atoms with Gasteiger partial charge in [-0.1, -0.05) is 19.6 Å². The molecule has 0 saturated carbocycles. The molecule has 1 aliphatic heterocycles. The number of ether oxygens (including phenoxy) is 1. The molecule has 0 bridgehead atoms. The van der Waals surface area contributed by atoms with Crippen LogP contribution in [0.4, 0.5) is 4.79 Å². The van der Waals surface area contributed by atoms with Crippen molar-refractivity contribution in [2.24, 2.45) is 0 Å². The molecule has 1 amide bonds. The average Bonchev–Trinajstić information content (AvgIpc) is 2.97. The zero-order valence-electron chi connectivity index (χ0n) is 15.8. The molecule has 142 valence electrons. The predicted molar refractivity (Wildman–Crippen MR) is 103 cm³/mol. The van der Waals surface area contributed by atoms with E-state index in [1.807, 2.05) is 16.8 Å². The molecule has 0 spiro atoms. The molecule has 1 aliphatic rings. The molecule has 1 saturated heterocycles. The van der Waals surface area contributed by atoms with Crippen LogP contribution < -0.4 is 0 Å². The summed E-state index contributed by atoms with van der Waals surface area (Å²) in [5.41, 5.74) is 1.86. The second-order valence-corrected chi connectivity index (χ2v) is 13.8. The van der Waals surface area contributed by atoms with Gasteiger partial charge in [-0.25, -0.2) is 14.5 Å². The van der Waals surface area contributed by atoms with Crippen molar-refractivity contribution in [3.63, 3.8) is 0 Å². The van der Waals surface area contributed by atoms with Gasteiger partial charge in [-0.2, -0.15) is 5.10 Å². The summed E-state index contributed by atoms with van der Waals surface area (Å²) in [5, 5.41) is 15.0. The van der Waals surface area contributed by atoms with Crippen molar-refractivity contribution < 1.29 is 14.6 Å². The number of likely N-dealkylation sites (tertiary alicyclic amines) is 1. The van der Waals surface area contributed by atoms with Crippen LogP contribution in [-0.2, 0) is 11.5 Å². The molecule has 0 unspecified atom stereocenters. The average molecular weight is 377 g/mol. The fraction of sp³-hybridized carbons (Fsp3) is 0.611. The summed E-state index contributed by atoms with van der Waals surface area (Å²) >= 11 is 0. The first-order chi connectivity index (χ1) is 12.3. The molecular formula is C18H28N4O3Si. The molecule has 2 aromatic heterocycles. The molecule has 0 atom stereocenters. The number of carboxylic acid groups (broad SMARTS) is 1. The highest BCUT2D eigenvalue weighted by molar-refractivity contribution is 6.76. The molecule has 8 heteroatoms. The third-order valence-electron chi connectivity index (χ3n) is 4.90. The number of hydrogen-bond acceptors (Lipinski definition) is 4. The van der Waals surface area contributed by atoms with Gasteiger partial charge in [0.2, 0.25) is 0 Å². The lowest BCUT2D eigenvalue weighted by Gasteiger charge is -2.29. The first-order valence-corrected chi connectivity index (χ1v) is 12.9. The topological polar surface area (TPSA) is 80.5 Å². The van der Waals surface area contributed by atoms with Crippen LogP contribution in [0.25, 0.3) is 11.0 Å². The second kappa shape index (κ2) is 7.75. The molecule has 2 aromatic rings. The highest BCUT2D eigenvalue weighted by Crippen LogP contribution is 2.31. The van der Waals surface area contributed by atoms with Gasteiger partial charge in [-0.05, 0) is 31.0 Å². The van der Waals surface area contributed by atoms with Crippen LogP contribution in [0.15, 0.2) is 18.3 Å². The smallest absolute Gasteiger partial charge is 0.407 e. The molecule has 0 aliphatic carbocycles. The number of aromatic nitrogens is 3. The fourth-order valence-corrected chi connectivity index (χ4v) is 4.06. The molecule has 26 heavy (non-hydrogen) atoms. The van der Waals surface area contributed by atoms with E-state index in [0.717, 1.165) is 42.2 Å². The van der Waals surface area contributed by atoms with E-state index in [1.165, 1.54) is 4.90 Å². The Balaban J connectivity index is 1.72. The van der Waals surface area contributed by atoms with Gasteiger partial charge in [0.1, 0.15) is 6.73 Å². The van der Waals surface area contributed by atoms with Crippen LogP contribution in [0.3, 0.4) is 0 Å². The second-order valence-electron chi connectivity index (χ2n) is 8.15. The van der Waals surface area contributed by atoms with Gasteiger partial charge >= 0.3 is 6.09 Å². The monoisotopic (exact) mass is 376 g/mol. The van der Waals surface area contributed by atoms with Crippen LogP contribution in [0.5, 0.6) is 0 Å². The number of hydrogen-bond donors (Lipinski definition) is 1. The lowest BCUT2D eigenvalue weighted by atomic mass is 9.92. The molecule has 0 aromatic carbocycles. The van der Waals surface area contributed by atoms with Crippen LogP contribution >= 0.6 is 0 Å². The predicted octanol–water partition coefficient (Wildman–Crippen LogP) is 3.60. The summed E-state index contributed by atoms with van der Waals surface area (Å²) in [4.78, 5) is 17.1. The lowest BCUT2D eigenvalue weighted by molar-refractivity contribution is 0.0806. The van der Waals surface area contributed by atoms with Crippen LogP contribution in [0.1, 0.15) is 24.5 Å². The van der Waals surface area contributed by atoms with Gasteiger partial charge in [0.25, 0.3) is 0 Å². The van der Waals surface area contributed by atoms with Crippen LogP contribution in [-0.4, -0.2) is 58.6 Å². The van der Waals surface area contributed by atoms with Gasteiger partial charge < -0.3 is 14.7 Å². The zero-order valence-corrected chi connectivity index (χ0v) is 16.8. The Morgan fingerprint density at radius 2 is 2.08 bits per heavy atom. The van der Waals surface area contributed by atoms with Crippen molar-refractivity contribution >= 4 is 25.2 Å². The number of amides is 1. The lowest BCUT2D eigenvalue weighted by Crippen LogP contribution is -2.36. The Morgan fingerprint density at radius 3 is 2.73 bits per heavy atom. The Bertz CT molecular complexity index is 763.